The predicted octanol–water partition coefficient (Wildman–Crippen LogP) is 3.27. The number of hydrogen-bond donors (Lipinski definition) is 3. The molecule has 0 amide bonds. The van der Waals surface area contributed by atoms with Gasteiger partial charge in [0.15, 0.2) is 0 Å². The van der Waals surface area contributed by atoms with Crippen LogP contribution < -0.4 is 0 Å². The van der Waals surface area contributed by atoms with Crippen molar-refractivity contribution in [3.05, 3.63) is 57.9 Å². The van der Waals surface area contributed by atoms with Gasteiger partial charge in [-0.15, -0.1) is 0 Å². The Morgan fingerprint density at radius 1 is 1.23 bits per heavy atom. The van der Waals surface area contributed by atoms with E-state index >= 15 is 0 Å². The van der Waals surface area contributed by atoms with E-state index in [1.165, 1.54) is 24.4 Å². The number of sulfonamides is 1. The van der Waals surface area contributed by atoms with E-state index in [0.717, 1.165) is 4.31 Å². The molecule has 7 nitrogen and oxygen atoms in total. The van der Waals surface area contributed by atoms with E-state index in [9.17, 15) is 23.0 Å². The molecule has 0 radical (unpaired) electrons. The lowest BCUT2D eigenvalue weighted by molar-refractivity contribution is 0.104. The van der Waals surface area contributed by atoms with Crippen LogP contribution in [-0.2, 0) is 10.0 Å². The Morgan fingerprint density at radius 2 is 1.97 bits per heavy atom. The summed E-state index contributed by atoms with van der Waals surface area (Å²) < 4.78 is 41.5. The Morgan fingerprint density at radius 3 is 2.65 bits per heavy atom. The predicted molar refractivity (Wildman–Crippen MR) is 117 cm³/mol. The SMILES string of the molecule is O=S(=O)(c1cc(-c2ncc(-c3ccc(Br)c(F)c3)[nH]2)ccc1Cl)N1CC(O)C(CO)C1. The number of imidazole rings is 1. The first-order chi connectivity index (χ1) is 14.7. The first-order valence-electron chi connectivity index (χ1n) is 9.30. The third-order valence-corrected chi connectivity index (χ3v) is 8.19. The third kappa shape index (κ3) is 4.28. The number of nitrogens with one attached hydrogen (secondary N) is 1. The van der Waals surface area contributed by atoms with Gasteiger partial charge < -0.3 is 15.2 Å². The minimum absolute atomic E-state index is 0.000583. The van der Waals surface area contributed by atoms with Gasteiger partial charge >= 0.3 is 0 Å². The van der Waals surface area contributed by atoms with Crippen LogP contribution in [0, 0.1) is 11.7 Å². The van der Waals surface area contributed by atoms with Gasteiger partial charge in [-0.2, -0.15) is 4.31 Å². The molecule has 3 aromatic rings. The van der Waals surface area contributed by atoms with Crippen LogP contribution in [-0.4, -0.2) is 58.7 Å². The number of aromatic amines is 1. The van der Waals surface area contributed by atoms with Crippen molar-refractivity contribution >= 4 is 37.6 Å². The maximum atomic E-state index is 13.9. The fraction of sp³-hybridized carbons (Fsp3) is 0.250. The van der Waals surface area contributed by atoms with Crippen molar-refractivity contribution in [3.63, 3.8) is 0 Å². The van der Waals surface area contributed by atoms with Crippen LogP contribution in [0.15, 0.2) is 52.0 Å². The van der Waals surface area contributed by atoms with Crippen LogP contribution in [0.2, 0.25) is 5.02 Å². The summed E-state index contributed by atoms with van der Waals surface area (Å²) in [5.41, 5.74) is 1.63. The Kier molecular flexibility index (Phi) is 6.21. The Labute approximate surface area is 191 Å². The molecule has 0 bridgehead atoms. The van der Waals surface area contributed by atoms with Crippen LogP contribution in [0.4, 0.5) is 4.39 Å². The number of β-amino-alcohol motifs (C(OH)–C–C–N with tert-alkyl or cyclic N) is 1. The number of rotatable bonds is 5. The Balaban J connectivity index is 1.67. The zero-order valence-electron chi connectivity index (χ0n) is 16.0. The maximum Gasteiger partial charge on any atom is 0.244 e. The zero-order chi connectivity index (χ0) is 22.3. The summed E-state index contributed by atoms with van der Waals surface area (Å²) in [6, 6.07) is 9.15. The van der Waals surface area contributed by atoms with Gasteiger partial charge in [-0.25, -0.2) is 17.8 Å². The van der Waals surface area contributed by atoms with E-state index in [1.807, 2.05) is 0 Å². The molecule has 1 fully saturated rings. The topological polar surface area (TPSA) is 107 Å². The van der Waals surface area contributed by atoms with Crippen molar-refractivity contribution in [1.82, 2.24) is 14.3 Å². The fourth-order valence-electron chi connectivity index (χ4n) is 3.46. The second-order valence-electron chi connectivity index (χ2n) is 7.25. The number of H-pyrrole nitrogens is 1. The second kappa shape index (κ2) is 8.61. The highest BCUT2D eigenvalue weighted by Crippen LogP contribution is 2.33. The van der Waals surface area contributed by atoms with Crippen LogP contribution in [0.1, 0.15) is 0 Å². The minimum Gasteiger partial charge on any atom is -0.396 e. The number of aromatic nitrogens is 2. The molecule has 0 aliphatic carbocycles. The summed E-state index contributed by atoms with van der Waals surface area (Å²) >= 11 is 9.31. The van der Waals surface area contributed by atoms with Crippen LogP contribution >= 0.6 is 27.5 Å². The third-order valence-electron chi connectivity index (χ3n) is 5.24. The lowest BCUT2D eigenvalue weighted by Crippen LogP contribution is -2.30. The van der Waals surface area contributed by atoms with Gasteiger partial charge in [-0.3, -0.25) is 0 Å². The van der Waals surface area contributed by atoms with E-state index in [-0.39, 0.29) is 29.6 Å². The summed E-state index contributed by atoms with van der Waals surface area (Å²) in [6.45, 7) is -0.429. The average Bonchev–Trinajstić information content (AvgIpc) is 3.37. The highest BCUT2D eigenvalue weighted by atomic mass is 79.9. The smallest absolute Gasteiger partial charge is 0.244 e. The van der Waals surface area contributed by atoms with Crippen molar-refractivity contribution in [2.75, 3.05) is 19.7 Å². The molecule has 2 unspecified atom stereocenters. The van der Waals surface area contributed by atoms with Gasteiger partial charge in [0.05, 0.1) is 27.5 Å². The molecule has 1 aliphatic rings. The van der Waals surface area contributed by atoms with Gasteiger partial charge in [0, 0.05) is 36.7 Å². The van der Waals surface area contributed by atoms with Gasteiger partial charge in [-0.1, -0.05) is 17.7 Å². The standard InChI is InChI=1S/C20H18BrClFN3O4S/c21-14-3-1-11(5-16(14)23)17-7-24-20(25-17)12-2-4-15(22)19(6-12)31(29,30)26-8-13(10-27)18(28)9-26/h1-7,13,18,27-28H,8-10H2,(H,24,25). The molecule has 3 N–H and O–H groups in total. The quantitative estimate of drug-likeness (QED) is 0.469. The normalized spacial score (nSPS) is 19.8. The number of aliphatic hydroxyl groups is 2. The van der Waals surface area contributed by atoms with Crippen LogP contribution in [0.3, 0.4) is 0 Å². The molecule has 2 atom stereocenters. The van der Waals surface area contributed by atoms with E-state index in [2.05, 4.69) is 25.9 Å². The maximum absolute atomic E-state index is 13.9. The molecule has 164 valence electrons. The van der Waals surface area contributed by atoms with Crippen molar-refractivity contribution in [2.24, 2.45) is 5.92 Å². The molecule has 11 heteroatoms. The van der Waals surface area contributed by atoms with Gasteiger partial charge in [-0.05, 0) is 46.3 Å². The lowest BCUT2D eigenvalue weighted by Gasteiger charge is -2.17. The van der Waals surface area contributed by atoms with Crippen molar-refractivity contribution in [1.29, 1.82) is 0 Å². The van der Waals surface area contributed by atoms with E-state index in [4.69, 9.17) is 11.6 Å². The number of hydrogen-bond acceptors (Lipinski definition) is 5. The average molecular weight is 531 g/mol. The van der Waals surface area contributed by atoms with Crippen molar-refractivity contribution in [3.8, 4) is 22.6 Å². The molecular formula is C20H18BrClFN3O4S. The van der Waals surface area contributed by atoms with Gasteiger partial charge in [0.1, 0.15) is 16.5 Å². The Bertz CT molecular complexity index is 1240. The molecule has 2 heterocycles. The van der Waals surface area contributed by atoms with E-state index in [1.54, 1.807) is 18.2 Å². The number of benzene rings is 2. The van der Waals surface area contributed by atoms with Crippen molar-refractivity contribution < 1.29 is 23.0 Å². The summed E-state index contributed by atoms with van der Waals surface area (Å²) in [5, 5.41) is 19.3. The first-order valence-corrected chi connectivity index (χ1v) is 11.9. The highest BCUT2D eigenvalue weighted by Gasteiger charge is 2.39. The molecule has 0 saturated carbocycles. The number of nitrogens with zero attached hydrogens (tertiary/aromatic N) is 2. The monoisotopic (exact) mass is 529 g/mol. The molecule has 2 aromatic carbocycles. The Hall–Kier alpha value is -1.82. The number of halogens is 3. The number of aliphatic hydroxyl groups excluding tert-OH is 2. The summed E-state index contributed by atoms with van der Waals surface area (Å²) in [5.74, 6) is -0.570. The van der Waals surface area contributed by atoms with Crippen LogP contribution in [0.25, 0.3) is 22.6 Å². The lowest BCUT2D eigenvalue weighted by atomic mass is 10.1. The molecule has 1 aromatic heterocycles. The molecular weight excluding hydrogens is 513 g/mol. The summed E-state index contributed by atoms with van der Waals surface area (Å²) in [4.78, 5) is 7.23. The largest absolute Gasteiger partial charge is 0.396 e. The van der Waals surface area contributed by atoms with E-state index < -0.39 is 27.9 Å². The molecule has 31 heavy (non-hydrogen) atoms. The molecule has 1 saturated heterocycles. The van der Waals surface area contributed by atoms with Crippen molar-refractivity contribution in [2.45, 2.75) is 11.0 Å². The highest BCUT2D eigenvalue weighted by molar-refractivity contribution is 9.10. The first kappa shape index (κ1) is 22.4. The fourth-order valence-corrected chi connectivity index (χ4v) is 5.72. The van der Waals surface area contributed by atoms with Gasteiger partial charge in [0.25, 0.3) is 0 Å². The van der Waals surface area contributed by atoms with Crippen LogP contribution in [0.5, 0.6) is 0 Å². The minimum atomic E-state index is -4.00. The molecule has 1 aliphatic heterocycles. The second-order valence-corrected chi connectivity index (χ2v) is 10.4. The summed E-state index contributed by atoms with van der Waals surface area (Å²) in [6.07, 6.45) is 0.587. The molecule has 0 spiro atoms. The summed E-state index contributed by atoms with van der Waals surface area (Å²) in [7, 11) is -4.00. The molecule has 4 rings (SSSR count). The van der Waals surface area contributed by atoms with E-state index in [0.29, 0.717) is 27.1 Å². The van der Waals surface area contributed by atoms with Gasteiger partial charge in [0.2, 0.25) is 10.0 Å². The zero-order valence-corrected chi connectivity index (χ0v) is 19.1.